The Morgan fingerprint density at radius 2 is 1.74 bits per heavy atom. The van der Waals surface area contributed by atoms with Crippen molar-refractivity contribution in [2.45, 2.75) is 74.6 Å². The predicted molar refractivity (Wildman–Crippen MR) is 185 cm³/mol. The van der Waals surface area contributed by atoms with E-state index in [9.17, 15) is 29.1 Å². The fourth-order valence-electron chi connectivity index (χ4n) is 8.39. The van der Waals surface area contributed by atoms with Gasteiger partial charge in [-0.3, -0.25) is 28.9 Å². The number of aliphatic hydroxyl groups is 3. The summed E-state index contributed by atoms with van der Waals surface area (Å²) < 4.78 is 6.23. The first-order chi connectivity index (χ1) is 25.1. The predicted octanol–water partition coefficient (Wildman–Crippen LogP) is -0.132. The molecule has 8 rings (SSSR count). The van der Waals surface area contributed by atoms with Gasteiger partial charge in [0.05, 0.1) is 5.92 Å². The number of carboxylic acid groups (broad SMARTS) is 2. The van der Waals surface area contributed by atoms with E-state index >= 15 is 0 Å². The number of rotatable bonds is 7. The number of nitrogens with one attached hydrogen (secondary N) is 2. The van der Waals surface area contributed by atoms with Crippen molar-refractivity contribution >= 4 is 46.1 Å². The van der Waals surface area contributed by atoms with Crippen molar-refractivity contribution in [3.8, 4) is 0 Å². The molecule has 8 atom stereocenters. The summed E-state index contributed by atoms with van der Waals surface area (Å²) in [4.78, 5) is 69.8. The normalized spacial score (nSPS) is 30.0. The first kappa shape index (κ1) is 36.2. The summed E-state index contributed by atoms with van der Waals surface area (Å²) in [5.74, 6) is -7.30. The topological polar surface area (TPSA) is 233 Å². The van der Waals surface area contributed by atoms with Gasteiger partial charge in [0.1, 0.15) is 12.1 Å². The van der Waals surface area contributed by atoms with Crippen molar-refractivity contribution in [3.63, 3.8) is 0 Å². The van der Waals surface area contributed by atoms with Crippen LogP contribution in [0.1, 0.15) is 36.5 Å². The monoisotopic (exact) mass is 731 g/mol. The molecule has 53 heavy (non-hydrogen) atoms. The number of aliphatic hydroxyl groups excluding tert-OH is 2. The SMILES string of the molecule is CN1C[C@H](C(=O)N[C@]2(C)O[C@@]3(O)[C@@H]4CCCN4C(=O)[C@H](Cc4ccccc4)N3C2=O)C=C2c3cccc4[nH]cc(c34)C[C@H]21.O=C(O)[C@H](O)[C@@H](O)C(=O)O. The molecule has 5 heterocycles. The highest BCUT2D eigenvalue weighted by atomic mass is 16.7. The number of benzene rings is 2. The summed E-state index contributed by atoms with van der Waals surface area (Å²) in [5, 5.41) is 48.6. The van der Waals surface area contributed by atoms with Crippen LogP contribution in [0.25, 0.3) is 16.5 Å². The van der Waals surface area contributed by atoms with Crippen molar-refractivity contribution in [3.05, 3.63) is 77.5 Å². The molecule has 5 aliphatic rings. The molecule has 0 radical (unpaired) electrons. The molecule has 0 unspecified atom stereocenters. The van der Waals surface area contributed by atoms with Gasteiger partial charge in [-0.1, -0.05) is 48.5 Å². The van der Waals surface area contributed by atoms with Crippen molar-refractivity contribution in [1.29, 1.82) is 0 Å². The zero-order chi connectivity index (χ0) is 38.0. The molecule has 1 aliphatic carbocycles. The van der Waals surface area contributed by atoms with Crippen LogP contribution in [0.15, 0.2) is 60.8 Å². The number of carbonyl (C=O) groups excluding carboxylic acids is 3. The third kappa shape index (κ3) is 6.05. The van der Waals surface area contributed by atoms with Gasteiger partial charge in [0.15, 0.2) is 12.2 Å². The quantitative estimate of drug-likeness (QED) is 0.168. The van der Waals surface area contributed by atoms with E-state index in [1.54, 1.807) is 4.90 Å². The number of hydrogen-bond donors (Lipinski definition) is 7. The Balaban J connectivity index is 0.000000384. The summed E-state index contributed by atoms with van der Waals surface area (Å²) in [6.07, 6.45) is 1.85. The Kier molecular flexibility index (Phi) is 9.14. The number of carbonyl (C=O) groups is 5. The van der Waals surface area contributed by atoms with E-state index in [-0.39, 0.29) is 24.3 Å². The molecule has 280 valence electrons. The van der Waals surface area contributed by atoms with Crippen molar-refractivity contribution in [2.24, 2.45) is 5.92 Å². The average molecular weight is 732 g/mol. The Hall–Kier alpha value is -5.13. The first-order valence-electron chi connectivity index (χ1n) is 17.4. The smallest absolute Gasteiger partial charge is 0.335 e. The van der Waals surface area contributed by atoms with Gasteiger partial charge in [-0.2, -0.15) is 0 Å². The maximum Gasteiger partial charge on any atom is 0.335 e. The van der Waals surface area contributed by atoms with E-state index in [1.807, 2.05) is 49.5 Å². The van der Waals surface area contributed by atoms with Gasteiger partial charge in [0, 0.05) is 42.7 Å². The minimum atomic E-state index is -2.27. The van der Waals surface area contributed by atoms with E-state index in [4.69, 9.17) is 25.2 Å². The largest absolute Gasteiger partial charge is 0.479 e. The number of aliphatic carboxylic acids is 2. The number of piperazine rings is 1. The van der Waals surface area contributed by atoms with Gasteiger partial charge < -0.3 is 40.7 Å². The lowest BCUT2D eigenvalue weighted by atomic mass is 9.79. The van der Waals surface area contributed by atoms with E-state index in [0.717, 1.165) is 28.6 Å². The highest BCUT2D eigenvalue weighted by Crippen LogP contribution is 2.46. The van der Waals surface area contributed by atoms with E-state index in [1.165, 1.54) is 22.8 Å². The average Bonchev–Trinajstić information content (AvgIpc) is 3.84. The Labute approximate surface area is 303 Å². The van der Waals surface area contributed by atoms with Crippen LogP contribution >= 0.6 is 0 Å². The number of H-pyrrole nitrogens is 1. The zero-order valence-electron chi connectivity index (χ0n) is 29.0. The van der Waals surface area contributed by atoms with Crippen LogP contribution in [-0.2, 0) is 41.6 Å². The Morgan fingerprint density at radius 3 is 2.42 bits per heavy atom. The van der Waals surface area contributed by atoms with Crippen LogP contribution in [0.4, 0.5) is 0 Å². The molecule has 3 saturated heterocycles. The lowest BCUT2D eigenvalue weighted by Crippen LogP contribution is -2.71. The van der Waals surface area contributed by atoms with Gasteiger partial charge in [-0.15, -0.1) is 0 Å². The number of likely N-dealkylation sites (N-methyl/N-ethyl adjacent to an activating group) is 1. The van der Waals surface area contributed by atoms with Crippen molar-refractivity contribution in [2.75, 3.05) is 20.1 Å². The van der Waals surface area contributed by atoms with Crippen LogP contribution in [0.3, 0.4) is 0 Å². The van der Waals surface area contributed by atoms with Crippen LogP contribution in [0, 0.1) is 5.92 Å². The molecule has 1 aromatic heterocycles. The molecule has 16 heteroatoms. The number of aromatic nitrogens is 1. The van der Waals surface area contributed by atoms with Crippen molar-refractivity contribution < 1.29 is 54.2 Å². The minimum Gasteiger partial charge on any atom is -0.479 e. The summed E-state index contributed by atoms with van der Waals surface area (Å²) in [6, 6.07) is 14.1. The molecule has 16 nitrogen and oxygen atoms in total. The summed E-state index contributed by atoms with van der Waals surface area (Å²) >= 11 is 0. The number of ether oxygens (including phenoxy) is 1. The minimum absolute atomic E-state index is 0.144. The van der Waals surface area contributed by atoms with Gasteiger partial charge in [0.25, 0.3) is 11.8 Å². The Morgan fingerprint density at radius 1 is 1.04 bits per heavy atom. The van der Waals surface area contributed by atoms with Crippen LogP contribution in [-0.4, -0.2) is 137 Å². The maximum atomic E-state index is 14.2. The van der Waals surface area contributed by atoms with Crippen LogP contribution in [0.5, 0.6) is 0 Å². The van der Waals surface area contributed by atoms with Gasteiger partial charge in [-0.25, -0.2) is 9.59 Å². The second-order valence-corrected chi connectivity index (χ2v) is 14.3. The highest BCUT2D eigenvalue weighted by molar-refractivity contribution is 6.01. The third-order valence-corrected chi connectivity index (χ3v) is 10.9. The molecule has 7 N–H and O–H groups in total. The molecule has 2 aromatic carbocycles. The number of aromatic amines is 1. The lowest BCUT2D eigenvalue weighted by molar-refractivity contribution is -0.315. The third-order valence-electron chi connectivity index (χ3n) is 10.9. The number of hydrogen-bond acceptors (Lipinski definition) is 10. The first-order valence-corrected chi connectivity index (χ1v) is 17.4. The van der Waals surface area contributed by atoms with E-state index in [0.29, 0.717) is 25.9 Å². The number of nitrogens with zero attached hydrogens (tertiary/aromatic N) is 3. The molecule has 0 saturated carbocycles. The van der Waals surface area contributed by atoms with Gasteiger partial charge in [0.2, 0.25) is 17.5 Å². The Bertz CT molecular complexity index is 2000. The van der Waals surface area contributed by atoms with Gasteiger partial charge >= 0.3 is 11.9 Å². The van der Waals surface area contributed by atoms with Gasteiger partial charge in [-0.05, 0) is 61.6 Å². The fourth-order valence-corrected chi connectivity index (χ4v) is 8.39. The second-order valence-electron chi connectivity index (χ2n) is 14.3. The number of amides is 3. The summed E-state index contributed by atoms with van der Waals surface area (Å²) in [6.45, 7) is 2.45. The lowest BCUT2D eigenvalue weighted by Gasteiger charge is -2.48. The second kappa shape index (κ2) is 13.4. The highest BCUT2D eigenvalue weighted by Gasteiger charge is 2.70. The van der Waals surface area contributed by atoms with Crippen molar-refractivity contribution in [1.82, 2.24) is 25.0 Å². The molecular weight excluding hydrogens is 690 g/mol. The standard InChI is InChI=1S/C33H35N5O5.C4H6O6/c1-32(35-29(39)21-15-23-22-10-6-11-24-28(22)20(17-34-24)16-25(23)36(2)18-21)31(41)38-26(14-19-8-4-3-5-9-19)30(40)37-13-7-12-27(37)33(38,42)43-32;5-1(3(7)8)2(6)4(9)10/h3-6,8-11,15,17,21,25-27,34,42H,7,12-14,16,18H2,1-2H3,(H,35,39);1-2,5-6H,(H,7,8)(H,9,10)/t21-,25-,26+,27+,32-,33+;1-,2-/m11/s1. The summed E-state index contributed by atoms with van der Waals surface area (Å²) in [5.41, 5.74) is 3.58. The summed E-state index contributed by atoms with van der Waals surface area (Å²) in [7, 11) is 2.02. The van der Waals surface area contributed by atoms with Crippen LogP contribution < -0.4 is 5.32 Å². The molecule has 3 aromatic rings. The van der Waals surface area contributed by atoms with E-state index in [2.05, 4.69) is 33.5 Å². The maximum absolute atomic E-state index is 14.2. The zero-order valence-corrected chi connectivity index (χ0v) is 29.0. The molecule has 0 spiro atoms. The fraction of sp³-hybridized carbons (Fsp3) is 0.432. The molecule has 3 amide bonds. The number of fused-ring (bicyclic) bond motifs is 5. The molecular formula is C37H41N5O11. The molecule has 0 bridgehead atoms. The molecule has 4 aliphatic heterocycles. The van der Waals surface area contributed by atoms with Crippen LogP contribution in [0.2, 0.25) is 0 Å². The number of carboxylic acids is 2. The molecule has 3 fully saturated rings. The van der Waals surface area contributed by atoms with E-state index < -0.39 is 59.7 Å².